The number of carbonyl (C=O) groups excluding carboxylic acids is 1. The number of ether oxygens (including phenoxy) is 1. The maximum atomic E-state index is 12.1. The number of rotatable bonds is 1. The molecule has 0 saturated carbocycles. The van der Waals surface area contributed by atoms with Gasteiger partial charge in [0, 0.05) is 19.3 Å². The summed E-state index contributed by atoms with van der Waals surface area (Å²) in [6.07, 6.45) is 3.82. The van der Waals surface area contributed by atoms with E-state index < -0.39 is 0 Å². The first kappa shape index (κ1) is 10.4. The summed E-state index contributed by atoms with van der Waals surface area (Å²) in [5.41, 5.74) is 0.620. The molecule has 17 heavy (non-hydrogen) atoms. The van der Waals surface area contributed by atoms with Crippen LogP contribution in [0, 0.1) is 0 Å². The molecule has 2 aliphatic heterocycles. The molecule has 0 spiro atoms. The first-order chi connectivity index (χ1) is 8.34. The van der Waals surface area contributed by atoms with Gasteiger partial charge in [0.1, 0.15) is 6.61 Å². The average Bonchev–Trinajstić information content (AvgIpc) is 2.91. The molecular weight excluding hydrogens is 218 g/mol. The highest BCUT2D eigenvalue weighted by Crippen LogP contribution is 2.26. The largest absolute Gasteiger partial charge is 0.488 e. The predicted octanol–water partition coefficient (Wildman–Crippen LogP) is 1.12. The van der Waals surface area contributed by atoms with E-state index in [1.165, 1.54) is 0 Å². The highest BCUT2D eigenvalue weighted by atomic mass is 16.5. The third-order valence-electron chi connectivity index (χ3n) is 3.15. The number of nitrogens with zero attached hydrogens (tertiary/aromatic N) is 2. The van der Waals surface area contributed by atoms with Gasteiger partial charge in [0.15, 0.2) is 11.6 Å². The number of pyridine rings is 1. The summed E-state index contributed by atoms with van der Waals surface area (Å²) in [6.45, 7) is 3.10. The van der Waals surface area contributed by atoms with Crippen molar-refractivity contribution >= 4 is 11.7 Å². The molecule has 0 atom stereocenters. The van der Waals surface area contributed by atoms with Crippen LogP contribution in [0.3, 0.4) is 0 Å². The van der Waals surface area contributed by atoms with Crippen molar-refractivity contribution in [1.29, 1.82) is 0 Å². The van der Waals surface area contributed by atoms with Crippen molar-refractivity contribution in [3.8, 4) is 5.75 Å². The van der Waals surface area contributed by atoms with Crippen LogP contribution in [0.1, 0.15) is 23.2 Å². The van der Waals surface area contributed by atoms with Crippen LogP contribution in [0.4, 0.5) is 5.82 Å². The van der Waals surface area contributed by atoms with Crippen molar-refractivity contribution in [3.05, 3.63) is 17.8 Å². The first-order valence-electron chi connectivity index (χ1n) is 6.00. The van der Waals surface area contributed by atoms with Crippen LogP contribution in [-0.2, 0) is 0 Å². The molecule has 0 bridgehead atoms. The standard InChI is InChI=1S/C12H15N3O2/c16-12(15-4-1-2-5-15)9-7-10-11(14-8-9)13-3-6-17-10/h7-8H,1-6H2,(H,13,14). The summed E-state index contributed by atoms with van der Waals surface area (Å²) >= 11 is 0. The number of carbonyl (C=O) groups is 1. The van der Waals surface area contributed by atoms with Crippen molar-refractivity contribution in [3.63, 3.8) is 0 Å². The lowest BCUT2D eigenvalue weighted by atomic mass is 10.2. The highest BCUT2D eigenvalue weighted by Gasteiger charge is 2.21. The molecular formula is C12H15N3O2. The second-order valence-electron chi connectivity index (χ2n) is 4.35. The van der Waals surface area contributed by atoms with Gasteiger partial charge >= 0.3 is 0 Å². The fourth-order valence-electron chi connectivity index (χ4n) is 2.24. The molecule has 3 heterocycles. The molecule has 1 saturated heterocycles. The zero-order chi connectivity index (χ0) is 11.7. The van der Waals surface area contributed by atoms with Crippen LogP contribution in [0.5, 0.6) is 5.75 Å². The van der Waals surface area contributed by atoms with Gasteiger partial charge in [-0.15, -0.1) is 0 Å². The predicted molar refractivity (Wildman–Crippen MR) is 63.4 cm³/mol. The molecule has 1 aromatic rings. The van der Waals surface area contributed by atoms with E-state index in [9.17, 15) is 4.79 Å². The zero-order valence-electron chi connectivity index (χ0n) is 9.61. The van der Waals surface area contributed by atoms with Crippen molar-refractivity contribution in [2.45, 2.75) is 12.8 Å². The van der Waals surface area contributed by atoms with Gasteiger partial charge in [0.2, 0.25) is 0 Å². The zero-order valence-corrected chi connectivity index (χ0v) is 9.61. The fraction of sp³-hybridized carbons (Fsp3) is 0.500. The Morgan fingerprint density at radius 3 is 3.06 bits per heavy atom. The normalized spacial score (nSPS) is 18.2. The molecule has 1 aromatic heterocycles. The third kappa shape index (κ3) is 1.92. The molecule has 0 aliphatic carbocycles. The maximum Gasteiger partial charge on any atom is 0.255 e. The third-order valence-corrected chi connectivity index (χ3v) is 3.15. The van der Waals surface area contributed by atoms with Crippen molar-refractivity contribution in [1.82, 2.24) is 9.88 Å². The molecule has 5 nitrogen and oxygen atoms in total. The first-order valence-corrected chi connectivity index (χ1v) is 6.00. The molecule has 90 valence electrons. The lowest BCUT2D eigenvalue weighted by Gasteiger charge is -2.20. The van der Waals surface area contributed by atoms with Crippen molar-refractivity contribution in [2.75, 3.05) is 31.6 Å². The van der Waals surface area contributed by atoms with E-state index in [0.29, 0.717) is 17.9 Å². The van der Waals surface area contributed by atoms with E-state index in [2.05, 4.69) is 10.3 Å². The van der Waals surface area contributed by atoms with E-state index in [-0.39, 0.29) is 5.91 Å². The summed E-state index contributed by atoms with van der Waals surface area (Å²) < 4.78 is 5.48. The minimum absolute atomic E-state index is 0.0620. The molecule has 1 amide bonds. The number of anilines is 1. The Hall–Kier alpha value is -1.78. The monoisotopic (exact) mass is 233 g/mol. The van der Waals surface area contributed by atoms with Gasteiger partial charge in [-0.3, -0.25) is 4.79 Å². The van der Waals surface area contributed by atoms with Gasteiger partial charge in [0.25, 0.3) is 5.91 Å². The van der Waals surface area contributed by atoms with Gasteiger partial charge in [-0.05, 0) is 18.9 Å². The fourth-order valence-corrected chi connectivity index (χ4v) is 2.24. The number of amides is 1. The second-order valence-corrected chi connectivity index (χ2v) is 4.35. The highest BCUT2D eigenvalue weighted by molar-refractivity contribution is 5.94. The number of hydrogen-bond acceptors (Lipinski definition) is 4. The van der Waals surface area contributed by atoms with Crippen LogP contribution in [-0.4, -0.2) is 42.0 Å². The lowest BCUT2D eigenvalue weighted by molar-refractivity contribution is 0.0792. The molecule has 2 aliphatic rings. The van der Waals surface area contributed by atoms with E-state index in [1.54, 1.807) is 12.3 Å². The molecule has 3 rings (SSSR count). The number of hydrogen-bond donors (Lipinski definition) is 1. The van der Waals surface area contributed by atoms with Crippen molar-refractivity contribution in [2.24, 2.45) is 0 Å². The van der Waals surface area contributed by atoms with Crippen LogP contribution in [0.15, 0.2) is 12.3 Å². The molecule has 1 N–H and O–H groups in total. The summed E-state index contributed by atoms with van der Waals surface area (Å²) in [4.78, 5) is 18.2. The minimum atomic E-state index is 0.0620. The quantitative estimate of drug-likeness (QED) is 0.789. The SMILES string of the molecule is O=C(c1cnc2c(c1)OCCN2)N1CCCC1. The van der Waals surface area contributed by atoms with Crippen LogP contribution in [0.25, 0.3) is 0 Å². The average molecular weight is 233 g/mol. The molecule has 0 unspecified atom stereocenters. The molecule has 0 radical (unpaired) electrons. The number of aromatic nitrogens is 1. The van der Waals surface area contributed by atoms with Gasteiger partial charge in [-0.25, -0.2) is 4.98 Å². The van der Waals surface area contributed by atoms with E-state index in [4.69, 9.17) is 4.74 Å². The van der Waals surface area contributed by atoms with Gasteiger partial charge in [-0.2, -0.15) is 0 Å². The number of fused-ring (bicyclic) bond motifs is 1. The molecule has 0 aromatic carbocycles. The second kappa shape index (κ2) is 4.24. The summed E-state index contributed by atoms with van der Waals surface area (Å²) in [5, 5.41) is 3.14. The van der Waals surface area contributed by atoms with Gasteiger partial charge < -0.3 is 15.0 Å². The molecule has 1 fully saturated rings. The van der Waals surface area contributed by atoms with Crippen LogP contribution >= 0.6 is 0 Å². The van der Waals surface area contributed by atoms with E-state index in [1.807, 2.05) is 4.90 Å². The minimum Gasteiger partial charge on any atom is -0.488 e. The van der Waals surface area contributed by atoms with Crippen LogP contribution < -0.4 is 10.1 Å². The Morgan fingerprint density at radius 1 is 1.41 bits per heavy atom. The van der Waals surface area contributed by atoms with Gasteiger partial charge in [0.05, 0.1) is 12.1 Å². The number of likely N-dealkylation sites (tertiary alicyclic amines) is 1. The Labute approximate surface area is 99.8 Å². The number of nitrogens with one attached hydrogen (secondary N) is 1. The Morgan fingerprint density at radius 2 is 2.24 bits per heavy atom. The van der Waals surface area contributed by atoms with Crippen LogP contribution in [0.2, 0.25) is 0 Å². The maximum absolute atomic E-state index is 12.1. The summed E-state index contributed by atoms with van der Waals surface area (Å²) in [7, 11) is 0. The summed E-state index contributed by atoms with van der Waals surface area (Å²) in [5.74, 6) is 1.47. The Balaban J connectivity index is 1.85. The van der Waals surface area contributed by atoms with E-state index >= 15 is 0 Å². The van der Waals surface area contributed by atoms with Gasteiger partial charge in [-0.1, -0.05) is 0 Å². The Bertz CT molecular complexity index is 441. The molecule has 5 heteroatoms. The van der Waals surface area contributed by atoms with E-state index in [0.717, 1.165) is 38.3 Å². The Kier molecular flexibility index (Phi) is 2.59. The smallest absolute Gasteiger partial charge is 0.255 e. The lowest BCUT2D eigenvalue weighted by Crippen LogP contribution is -2.28. The summed E-state index contributed by atoms with van der Waals surface area (Å²) in [6, 6.07) is 1.79. The topological polar surface area (TPSA) is 54.5 Å². The van der Waals surface area contributed by atoms with Crippen molar-refractivity contribution < 1.29 is 9.53 Å².